The quantitative estimate of drug-likeness (QED) is 0.608. The van der Waals surface area contributed by atoms with Gasteiger partial charge in [0.25, 0.3) is 0 Å². The normalized spacial score (nSPS) is 14.7. The summed E-state index contributed by atoms with van der Waals surface area (Å²) >= 11 is 0. The third-order valence-electron chi connectivity index (χ3n) is 2.67. The van der Waals surface area contributed by atoms with E-state index in [-0.39, 0.29) is 18.4 Å². The van der Waals surface area contributed by atoms with Crippen molar-refractivity contribution in [1.82, 2.24) is 10.2 Å². The molecule has 0 saturated carbocycles. The first-order valence-corrected chi connectivity index (χ1v) is 5.53. The first-order valence-electron chi connectivity index (χ1n) is 5.53. The van der Waals surface area contributed by atoms with Crippen LogP contribution in [0.1, 0.15) is 26.7 Å². The summed E-state index contributed by atoms with van der Waals surface area (Å²) in [5, 5.41) is 12.2. The van der Waals surface area contributed by atoms with Crippen LogP contribution in [0.15, 0.2) is 0 Å². The lowest BCUT2D eigenvalue weighted by molar-refractivity contribution is -0.128. The van der Waals surface area contributed by atoms with Crippen LogP contribution in [0.4, 0.5) is 0 Å². The lowest BCUT2D eigenvalue weighted by Crippen LogP contribution is -2.35. The molecule has 0 radical (unpaired) electrons. The molecule has 0 heterocycles. The number of nitrogens with zero attached hydrogens (tertiary/aromatic N) is 1. The Kier molecular flexibility index (Phi) is 7.34. The Labute approximate surface area is 92.7 Å². The third kappa shape index (κ3) is 6.47. The average Bonchev–Trinajstić information content (AvgIpc) is 2.22. The van der Waals surface area contributed by atoms with Crippen molar-refractivity contribution in [1.29, 1.82) is 0 Å². The molecule has 0 rings (SSSR count). The highest BCUT2D eigenvalue weighted by atomic mass is 16.3. The van der Waals surface area contributed by atoms with E-state index in [4.69, 9.17) is 5.11 Å². The second kappa shape index (κ2) is 7.65. The van der Waals surface area contributed by atoms with Crippen LogP contribution in [0.5, 0.6) is 0 Å². The van der Waals surface area contributed by atoms with Crippen molar-refractivity contribution >= 4 is 5.91 Å². The molecule has 0 aromatic heterocycles. The Bertz CT molecular complexity index is 183. The molecule has 0 spiro atoms. The molecule has 90 valence electrons. The van der Waals surface area contributed by atoms with E-state index in [1.54, 1.807) is 19.0 Å². The molecule has 15 heavy (non-hydrogen) atoms. The molecule has 4 heteroatoms. The van der Waals surface area contributed by atoms with Crippen molar-refractivity contribution < 1.29 is 9.90 Å². The number of nitrogens with one attached hydrogen (secondary N) is 1. The van der Waals surface area contributed by atoms with Gasteiger partial charge in [-0.15, -0.1) is 0 Å². The van der Waals surface area contributed by atoms with Crippen molar-refractivity contribution in [3.63, 3.8) is 0 Å². The van der Waals surface area contributed by atoms with E-state index in [9.17, 15) is 4.79 Å². The van der Waals surface area contributed by atoms with Crippen molar-refractivity contribution in [2.45, 2.75) is 32.7 Å². The molecule has 0 saturated heterocycles. The topological polar surface area (TPSA) is 52.6 Å². The SMILES string of the molecule is CC(CO)C(C)NCCCC(=O)N(C)C. The molecule has 0 aromatic carbocycles. The minimum absolute atomic E-state index is 0.166. The zero-order valence-electron chi connectivity index (χ0n) is 10.3. The van der Waals surface area contributed by atoms with Gasteiger partial charge in [-0.2, -0.15) is 0 Å². The summed E-state index contributed by atoms with van der Waals surface area (Å²) in [4.78, 5) is 12.8. The monoisotopic (exact) mass is 216 g/mol. The van der Waals surface area contributed by atoms with Gasteiger partial charge in [0.2, 0.25) is 5.91 Å². The summed E-state index contributed by atoms with van der Waals surface area (Å²) in [5.41, 5.74) is 0. The Hall–Kier alpha value is -0.610. The standard InChI is InChI=1S/C11H24N2O2/c1-9(8-14)10(2)12-7-5-6-11(15)13(3)4/h9-10,12,14H,5-8H2,1-4H3. The van der Waals surface area contributed by atoms with Crippen LogP contribution in [-0.4, -0.2) is 49.2 Å². The highest BCUT2D eigenvalue weighted by molar-refractivity contribution is 5.75. The summed E-state index contributed by atoms with van der Waals surface area (Å²) in [6.07, 6.45) is 1.43. The van der Waals surface area contributed by atoms with Gasteiger partial charge in [0, 0.05) is 33.2 Å². The summed E-state index contributed by atoms with van der Waals surface area (Å²) in [6.45, 7) is 5.08. The number of hydrogen-bond acceptors (Lipinski definition) is 3. The van der Waals surface area contributed by atoms with E-state index in [1.165, 1.54) is 0 Å². The highest BCUT2D eigenvalue weighted by Crippen LogP contribution is 2.01. The zero-order valence-corrected chi connectivity index (χ0v) is 10.3. The maximum Gasteiger partial charge on any atom is 0.222 e. The van der Waals surface area contributed by atoms with Crippen molar-refractivity contribution in [2.75, 3.05) is 27.2 Å². The fourth-order valence-electron chi connectivity index (χ4n) is 1.15. The third-order valence-corrected chi connectivity index (χ3v) is 2.67. The molecule has 0 bridgehead atoms. The van der Waals surface area contributed by atoms with E-state index in [1.807, 2.05) is 6.92 Å². The Morgan fingerprint density at radius 1 is 1.40 bits per heavy atom. The molecule has 0 fully saturated rings. The van der Waals surface area contributed by atoms with Gasteiger partial charge >= 0.3 is 0 Å². The minimum Gasteiger partial charge on any atom is -0.396 e. The Balaban J connectivity index is 3.50. The summed E-state index contributed by atoms with van der Waals surface area (Å²) in [6, 6.07) is 0.296. The molecule has 2 N–H and O–H groups in total. The molecule has 0 aliphatic rings. The molecule has 2 atom stereocenters. The smallest absolute Gasteiger partial charge is 0.222 e. The lowest BCUT2D eigenvalue weighted by Gasteiger charge is -2.19. The van der Waals surface area contributed by atoms with Crippen molar-refractivity contribution in [3.05, 3.63) is 0 Å². The van der Waals surface area contributed by atoms with Crippen molar-refractivity contribution in [3.8, 4) is 0 Å². The maximum absolute atomic E-state index is 11.2. The first-order chi connectivity index (χ1) is 6.99. The molecule has 0 aromatic rings. The summed E-state index contributed by atoms with van der Waals surface area (Å²) in [7, 11) is 3.54. The molecular formula is C11H24N2O2. The van der Waals surface area contributed by atoms with Gasteiger partial charge in [-0.25, -0.2) is 0 Å². The summed E-state index contributed by atoms with van der Waals surface area (Å²) < 4.78 is 0. The van der Waals surface area contributed by atoms with E-state index in [0.29, 0.717) is 12.5 Å². The van der Waals surface area contributed by atoms with Gasteiger partial charge in [0.1, 0.15) is 0 Å². The second-order valence-electron chi connectivity index (χ2n) is 4.29. The van der Waals surface area contributed by atoms with E-state index < -0.39 is 0 Å². The van der Waals surface area contributed by atoms with Crippen LogP contribution in [0, 0.1) is 5.92 Å². The largest absolute Gasteiger partial charge is 0.396 e. The highest BCUT2D eigenvalue weighted by Gasteiger charge is 2.10. The lowest BCUT2D eigenvalue weighted by atomic mass is 10.1. The second-order valence-corrected chi connectivity index (χ2v) is 4.29. The van der Waals surface area contributed by atoms with Crippen LogP contribution in [0.2, 0.25) is 0 Å². The van der Waals surface area contributed by atoms with Crippen LogP contribution in [-0.2, 0) is 4.79 Å². The molecular weight excluding hydrogens is 192 g/mol. The number of amides is 1. The predicted molar refractivity (Wildman–Crippen MR) is 61.6 cm³/mol. The van der Waals surface area contributed by atoms with Crippen LogP contribution < -0.4 is 5.32 Å². The van der Waals surface area contributed by atoms with Gasteiger partial charge in [-0.1, -0.05) is 6.92 Å². The fourth-order valence-corrected chi connectivity index (χ4v) is 1.15. The summed E-state index contributed by atoms with van der Waals surface area (Å²) in [5.74, 6) is 0.425. The van der Waals surface area contributed by atoms with E-state index in [2.05, 4.69) is 12.2 Å². The van der Waals surface area contributed by atoms with E-state index in [0.717, 1.165) is 13.0 Å². The Morgan fingerprint density at radius 3 is 2.47 bits per heavy atom. The van der Waals surface area contributed by atoms with Crippen molar-refractivity contribution in [2.24, 2.45) is 5.92 Å². The van der Waals surface area contributed by atoms with E-state index >= 15 is 0 Å². The number of rotatable bonds is 7. The molecule has 2 unspecified atom stereocenters. The number of carbonyl (C=O) groups excluding carboxylic acids is 1. The van der Waals surface area contributed by atoms with Crippen LogP contribution in [0.3, 0.4) is 0 Å². The molecule has 4 nitrogen and oxygen atoms in total. The molecule has 1 amide bonds. The fraction of sp³-hybridized carbons (Fsp3) is 0.909. The van der Waals surface area contributed by atoms with Crippen LogP contribution in [0.25, 0.3) is 0 Å². The zero-order chi connectivity index (χ0) is 11.8. The predicted octanol–water partition coefficient (Wildman–Crippen LogP) is 0.461. The number of carbonyl (C=O) groups is 1. The van der Waals surface area contributed by atoms with Gasteiger partial charge in [0.05, 0.1) is 0 Å². The van der Waals surface area contributed by atoms with Gasteiger partial charge in [-0.3, -0.25) is 4.79 Å². The number of aliphatic hydroxyl groups excluding tert-OH is 1. The maximum atomic E-state index is 11.2. The molecule has 0 aliphatic heterocycles. The average molecular weight is 216 g/mol. The first kappa shape index (κ1) is 14.4. The molecule has 0 aliphatic carbocycles. The van der Waals surface area contributed by atoms with Gasteiger partial charge in [-0.05, 0) is 25.8 Å². The van der Waals surface area contributed by atoms with Crippen LogP contribution >= 0.6 is 0 Å². The van der Waals surface area contributed by atoms with Gasteiger partial charge in [0.15, 0.2) is 0 Å². The van der Waals surface area contributed by atoms with Gasteiger partial charge < -0.3 is 15.3 Å². The Morgan fingerprint density at radius 2 is 2.00 bits per heavy atom. The number of aliphatic hydroxyl groups is 1. The number of hydrogen-bond donors (Lipinski definition) is 2. The minimum atomic E-state index is 0.166.